The van der Waals surface area contributed by atoms with Crippen LogP contribution in [0.1, 0.15) is 18.3 Å². The highest BCUT2D eigenvalue weighted by atomic mass is 79.9. The zero-order valence-electron chi connectivity index (χ0n) is 11.6. The maximum atomic E-state index is 11.5. The number of hydrogen-bond donors (Lipinski definition) is 2. The van der Waals surface area contributed by atoms with Crippen LogP contribution in [-0.2, 0) is 29.5 Å². The molecule has 0 aliphatic rings. The van der Waals surface area contributed by atoms with Crippen molar-refractivity contribution in [2.75, 3.05) is 26.8 Å². The summed E-state index contributed by atoms with van der Waals surface area (Å²) in [7, 11) is 3.51. The van der Waals surface area contributed by atoms with Crippen LogP contribution in [0.25, 0.3) is 0 Å². The van der Waals surface area contributed by atoms with Crippen molar-refractivity contribution in [2.45, 2.75) is 19.9 Å². The Morgan fingerprint density at radius 2 is 2.26 bits per heavy atom. The molecule has 0 bridgehead atoms. The number of aromatic nitrogens is 2. The van der Waals surface area contributed by atoms with Crippen molar-refractivity contribution in [3.05, 3.63) is 15.9 Å². The summed E-state index contributed by atoms with van der Waals surface area (Å²) >= 11 is 3.54. The first-order chi connectivity index (χ1) is 9.10. The van der Waals surface area contributed by atoms with Gasteiger partial charge in [0.15, 0.2) is 0 Å². The summed E-state index contributed by atoms with van der Waals surface area (Å²) in [4.78, 5) is 11.5. The molecule has 0 atom stereocenters. The number of carbonyl (C=O) groups is 1. The van der Waals surface area contributed by atoms with Crippen molar-refractivity contribution >= 4 is 21.8 Å². The summed E-state index contributed by atoms with van der Waals surface area (Å²) in [6.07, 6.45) is 0.881. The first-order valence-electron chi connectivity index (χ1n) is 6.26. The molecule has 108 valence electrons. The highest BCUT2D eigenvalue weighted by Crippen LogP contribution is 2.21. The second-order valence-corrected chi connectivity index (χ2v) is 4.92. The Labute approximate surface area is 122 Å². The standard InChI is InChI=1S/C12H21BrN4O2/c1-4-9-12(13)10(17(2)16-9)7-14-8-11(18)15-5-6-19-3/h14H,4-8H2,1-3H3,(H,15,18). The Morgan fingerprint density at radius 1 is 1.53 bits per heavy atom. The van der Waals surface area contributed by atoms with Gasteiger partial charge in [0.25, 0.3) is 0 Å². The molecule has 2 N–H and O–H groups in total. The topological polar surface area (TPSA) is 68.2 Å². The van der Waals surface area contributed by atoms with Gasteiger partial charge in [-0.15, -0.1) is 0 Å². The Kier molecular flexibility index (Phi) is 7.04. The first kappa shape index (κ1) is 16.1. The van der Waals surface area contributed by atoms with Gasteiger partial charge < -0.3 is 15.4 Å². The van der Waals surface area contributed by atoms with E-state index in [0.717, 1.165) is 22.3 Å². The molecule has 1 aromatic rings. The second-order valence-electron chi connectivity index (χ2n) is 4.13. The molecule has 0 fully saturated rings. The summed E-state index contributed by atoms with van der Waals surface area (Å²) in [6, 6.07) is 0. The van der Waals surface area contributed by atoms with E-state index in [1.807, 2.05) is 11.7 Å². The van der Waals surface area contributed by atoms with E-state index in [0.29, 0.717) is 19.7 Å². The number of nitrogens with one attached hydrogen (secondary N) is 2. The van der Waals surface area contributed by atoms with Gasteiger partial charge in [-0.05, 0) is 22.4 Å². The molecule has 0 aliphatic carbocycles. The van der Waals surface area contributed by atoms with Gasteiger partial charge in [-0.1, -0.05) is 6.92 Å². The van der Waals surface area contributed by atoms with Crippen LogP contribution in [0.3, 0.4) is 0 Å². The Bertz CT molecular complexity index is 420. The third-order valence-electron chi connectivity index (χ3n) is 2.71. The molecule has 0 radical (unpaired) electrons. The van der Waals surface area contributed by atoms with Gasteiger partial charge in [0, 0.05) is 27.2 Å². The quantitative estimate of drug-likeness (QED) is 0.684. The lowest BCUT2D eigenvalue weighted by atomic mass is 10.3. The highest BCUT2D eigenvalue weighted by molar-refractivity contribution is 9.10. The molecule has 1 amide bonds. The Balaban J connectivity index is 2.37. The third kappa shape index (κ3) is 4.93. The van der Waals surface area contributed by atoms with Gasteiger partial charge in [0.2, 0.25) is 5.91 Å². The van der Waals surface area contributed by atoms with Crippen molar-refractivity contribution in [3.63, 3.8) is 0 Å². The largest absolute Gasteiger partial charge is 0.383 e. The minimum atomic E-state index is -0.0361. The van der Waals surface area contributed by atoms with E-state index in [1.165, 1.54) is 0 Å². The normalized spacial score (nSPS) is 10.7. The van der Waals surface area contributed by atoms with Crippen LogP contribution < -0.4 is 10.6 Å². The number of rotatable bonds is 8. The van der Waals surface area contributed by atoms with Crippen LogP contribution in [0.15, 0.2) is 4.47 Å². The molecule has 1 aromatic heterocycles. The number of halogens is 1. The summed E-state index contributed by atoms with van der Waals surface area (Å²) in [5.74, 6) is -0.0361. The Hall–Kier alpha value is -0.920. The monoisotopic (exact) mass is 332 g/mol. The van der Waals surface area contributed by atoms with Crippen LogP contribution in [-0.4, -0.2) is 42.5 Å². The van der Waals surface area contributed by atoms with Crippen LogP contribution in [0.2, 0.25) is 0 Å². The first-order valence-corrected chi connectivity index (χ1v) is 7.06. The maximum absolute atomic E-state index is 11.5. The molecular formula is C12H21BrN4O2. The van der Waals surface area contributed by atoms with Crippen molar-refractivity contribution < 1.29 is 9.53 Å². The Morgan fingerprint density at radius 3 is 2.84 bits per heavy atom. The fourth-order valence-electron chi connectivity index (χ4n) is 1.66. The number of methoxy groups -OCH3 is 1. The lowest BCUT2D eigenvalue weighted by Crippen LogP contribution is -2.35. The average molecular weight is 333 g/mol. The van der Waals surface area contributed by atoms with Crippen LogP contribution >= 0.6 is 15.9 Å². The minimum Gasteiger partial charge on any atom is -0.383 e. The molecule has 0 saturated heterocycles. The molecule has 7 heteroatoms. The van der Waals surface area contributed by atoms with Crippen molar-refractivity contribution in [1.29, 1.82) is 0 Å². The summed E-state index contributed by atoms with van der Waals surface area (Å²) in [5, 5.41) is 10.3. The second kappa shape index (κ2) is 8.29. The average Bonchev–Trinajstić information content (AvgIpc) is 2.66. The molecule has 0 saturated carbocycles. The highest BCUT2D eigenvalue weighted by Gasteiger charge is 2.12. The predicted octanol–water partition coefficient (Wildman–Crippen LogP) is 0.597. The van der Waals surface area contributed by atoms with E-state index in [2.05, 4.69) is 38.6 Å². The van der Waals surface area contributed by atoms with Gasteiger partial charge in [0.1, 0.15) is 0 Å². The summed E-state index contributed by atoms with van der Waals surface area (Å²) in [6.45, 7) is 4.00. The number of ether oxygens (including phenoxy) is 1. The fourth-order valence-corrected chi connectivity index (χ4v) is 2.42. The summed E-state index contributed by atoms with van der Waals surface area (Å²) in [5.41, 5.74) is 2.07. The molecule has 0 aliphatic heterocycles. The van der Waals surface area contributed by atoms with Crippen LogP contribution in [0, 0.1) is 0 Å². The molecule has 0 unspecified atom stereocenters. The van der Waals surface area contributed by atoms with Gasteiger partial charge in [-0.25, -0.2) is 0 Å². The van der Waals surface area contributed by atoms with Gasteiger partial charge in [0.05, 0.1) is 29.0 Å². The van der Waals surface area contributed by atoms with Crippen molar-refractivity contribution in [2.24, 2.45) is 7.05 Å². The van der Waals surface area contributed by atoms with Crippen molar-refractivity contribution in [1.82, 2.24) is 20.4 Å². The zero-order valence-corrected chi connectivity index (χ0v) is 13.2. The zero-order chi connectivity index (χ0) is 14.3. The number of aryl methyl sites for hydroxylation is 2. The lowest BCUT2D eigenvalue weighted by molar-refractivity contribution is -0.120. The molecular weight excluding hydrogens is 312 g/mol. The minimum absolute atomic E-state index is 0.0361. The van der Waals surface area contributed by atoms with E-state index >= 15 is 0 Å². The van der Waals surface area contributed by atoms with E-state index in [1.54, 1.807) is 7.11 Å². The van der Waals surface area contributed by atoms with Crippen molar-refractivity contribution in [3.8, 4) is 0 Å². The smallest absolute Gasteiger partial charge is 0.234 e. The van der Waals surface area contributed by atoms with Gasteiger partial charge in [-0.3, -0.25) is 9.48 Å². The van der Waals surface area contributed by atoms with E-state index in [9.17, 15) is 4.79 Å². The predicted molar refractivity (Wildman–Crippen MR) is 76.9 cm³/mol. The van der Waals surface area contributed by atoms with E-state index < -0.39 is 0 Å². The lowest BCUT2D eigenvalue weighted by Gasteiger charge is -2.07. The summed E-state index contributed by atoms with van der Waals surface area (Å²) < 4.78 is 7.71. The molecule has 1 heterocycles. The van der Waals surface area contributed by atoms with E-state index in [-0.39, 0.29) is 12.5 Å². The molecule has 1 rings (SSSR count). The van der Waals surface area contributed by atoms with Gasteiger partial charge in [-0.2, -0.15) is 5.10 Å². The van der Waals surface area contributed by atoms with Crippen LogP contribution in [0.5, 0.6) is 0 Å². The number of hydrogen-bond acceptors (Lipinski definition) is 4. The molecule has 6 nitrogen and oxygen atoms in total. The number of nitrogens with zero attached hydrogens (tertiary/aromatic N) is 2. The molecule has 19 heavy (non-hydrogen) atoms. The SMILES string of the molecule is CCc1nn(C)c(CNCC(=O)NCCOC)c1Br. The number of amides is 1. The van der Waals surface area contributed by atoms with Gasteiger partial charge >= 0.3 is 0 Å². The van der Waals surface area contributed by atoms with E-state index in [4.69, 9.17) is 4.74 Å². The maximum Gasteiger partial charge on any atom is 0.234 e. The molecule has 0 spiro atoms. The number of carbonyl (C=O) groups excluding carboxylic acids is 1. The molecule has 0 aromatic carbocycles. The fraction of sp³-hybridized carbons (Fsp3) is 0.667. The third-order valence-corrected chi connectivity index (χ3v) is 3.62. The van der Waals surface area contributed by atoms with Crippen LogP contribution in [0.4, 0.5) is 0 Å².